The number of methoxy groups -OCH3 is 3. The first-order valence-electron chi connectivity index (χ1n) is 18.9. The molecule has 4 N–H and O–H groups in total. The Morgan fingerprint density at radius 2 is 1.12 bits per heavy atom. The summed E-state index contributed by atoms with van der Waals surface area (Å²) in [6, 6.07) is 1.95. The van der Waals surface area contributed by atoms with Crippen molar-refractivity contribution in [2.75, 3.05) is 34.5 Å². The number of ether oxygens (including phenoxy) is 7. The molecular formula is C43H70N2O11SSi2. The highest BCUT2D eigenvalue weighted by molar-refractivity contribution is 7.80. The summed E-state index contributed by atoms with van der Waals surface area (Å²) in [7, 11) is 2.03. The first kappa shape index (κ1) is 54.6. The number of carbonyl (C=O) groups is 4. The standard InChI is InChI=1S/C23H34O6Si.C17H24O5Si.CH4N2S.2CH4/c1-15(9-11-19(24)26-3)8-10-17-21(27-4)16(2)18-14-29-23(25)20(18)22(17)28-12-13-30(5,6)7;1-11-13-10-22-17(19)14(13)16(21-8-9-23(3,4)5)12(6-7-18)15(11)20-2;2-1(3)4;;/h8H,9-14H2,1-7H3;7H,6,8-10H2,1-5H3;(H4,2,3,4);2*1H4/b15-8+;;;;. The summed E-state index contributed by atoms with van der Waals surface area (Å²) >= 11 is 4.09. The quantitative estimate of drug-likeness (QED) is 0.0385. The predicted octanol–water partition coefficient (Wildman–Crippen LogP) is 8.43. The molecule has 0 fully saturated rings. The average molecular weight is 879 g/mol. The molecule has 0 saturated carbocycles. The van der Waals surface area contributed by atoms with E-state index in [2.05, 4.69) is 69.0 Å². The van der Waals surface area contributed by atoms with Crippen LogP contribution in [0, 0.1) is 13.8 Å². The van der Waals surface area contributed by atoms with Crippen LogP contribution in [0.2, 0.25) is 51.4 Å². The van der Waals surface area contributed by atoms with E-state index in [1.807, 2.05) is 20.8 Å². The number of thiocarbonyl (C=S) groups is 1. The average Bonchev–Trinajstić information content (AvgIpc) is 3.70. The van der Waals surface area contributed by atoms with Gasteiger partial charge in [0.25, 0.3) is 0 Å². The second-order valence-electron chi connectivity index (χ2n) is 16.2. The number of hydrogen-bond acceptors (Lipinski definition) is 12. The summed E-state index contributed by atoms with van der Waals surface area (Å²) in [5, 5.41) is 0.000000000000000222. The fourth-order valence-electron chi connectivity index (χ4n) is 6.12. The van der Waals surface area contributed by atoms with Gasteiger partial charge in [0, 0.05) is 51.2 Å². The maximum absolute atomic E-state index is 12.5. The van der Waals surface area contributed by atoms with Crippen molar-refractivity contribution >= 4 is 57.7 Å². The molecule has 2 aliphatic heterocycles. The van der Waals surface area contributed by atoms with Crippen molar-refractivity contribution in [1.82, 2.24) is 0 Å². The maximum Gasteiger partial charge on any atom is 0.342 e. The Morgan fingerprint density at radius 1 is 0.729 bits per heavy atom. The Balaban J connectivity index is 0.00000104. The largest absolute Gasteiger partial charge is 0.496 e. The number of benzene rings is 2. The van der Waals surface area contributed by atoms with E-state index in [4.69, 9.17) is 33.2 Å². The highest BCUT2D eigenvalue weighted by Crippen LogP contribution is 2.44. The van der Waals surface area contributed by atoms with Crippen molar-refractivity contribution in [1.29, 1.82) is 0 Å². The fraction of sp³-hybridized carbons (Fsp3) is 0.558. The van der Waals surface area contributed by atoms with Gasteiger partial charge in [-0.1, -0.05) is 65.8 Å². The number of rotatable bonds is 17. The topological polar surface area (TPSA) is 185 Å². The molecule has 16 heteroatoms. The van der Waals surface area contributed by atoms with E-state index in [9.17, 15) is 19.2 Å². The molecule has 0 aromatic heterocycles. The van der Waals surface area contributed by atoms with E-state index < -0.39 is 16.1 Å². The molecule has 0 atom stereocenters. The van der Waals surface area contributed by atoms with Gasteiger partial charge in [-0.2, -0.15) is 0 Å². The van der Waals surface area contributed by atoms with Gasteiger partial charge in [-0.15, -0.1) is 0 Å². The molecule has 13 nitrogen and oxygen atoms in total. The summed E-state index contributed by atoms with van der Waals surface area (Å²) in [6.07, 6.45) is 4.50. The number of cyclic esters (lactones) is 2. The summed E-state index contributed by atoms with van der Waals surface area (Å²) in [6.45, 7) is 21.0. The summed E-state index contributed by atoms with van der Waals surface area (Å²) < 4.78 is 38.6. The number of nitrogens with two attached hydrogens (primary N) is 2. The molecule has 0 bridgehead atoms. The van der Waals surface area contributed by atoms with Crippen LogP contribution in [0.5, 0.6) is 23.0 Å². The lowest BCUT2D eigenvalue weighted by molar-refractivity contribution is -0.140. The molecule has 0 saturated heterocycles. The van der Waals surface area contributed by atoms with E-state index in [1.54, 1.807) is 14.2 Å². The van der Waals surface area contributed by atoms with Crippen LogP contribution in [-0.4, -0.2) is 80.0 Å². The third-order valence-electron chi connectivity index (χ3n) is 9.34. The van der Waals surface area contributed by atoms with Gasteiger partial charge < -0.3 is 49.4 Å². The summed E-state index contributed by atoms with van der Waals surface area (Å²) in [5.74, 6) is 1.41. The van der Waals surface area contributed by atoms with Crippen molar-refractivity contribution < 1.29 is 52.3 Å². The fourth-order valence-corrected chi connectivity index (χ4v) is 7.55. The van der Waals surface area contributed by atoms with Crippen molar-refractivity contribution in [3.05, 3.63) is 56.2 Å². The molecule has 2 aliphatic rings. The molecule has 0 radical (unpaired) electrons. The van der Waals surface area contributed by atoms with Crippen molar-refractivity contribution in [2.45, 2.75) is 126 Å². The number of esters is 3. The van der Waals surface area contributed by atoms with E-state index in [0.29, 0.717) is 66.4 Å². The molecule has 4 rings (SSSR count). The smallest absolute Gasteiger partial charge is 0.342 e. The summed E-state index contributed by atoms with van der Waals surface area (Å²) in [5.41, 5.74) is 16.2. The SMILES string of the molecule is C.C.COC(=O)CC/C(C)=C/Cc1c(OC)c(C)c2c(c1OCC[Si](C)(C)C)C(=O)OC2.COc1c(C)c2c(c(OCC[Si](C)(C)C)c1CC=O)C(=O)OC2.NC(N)=S. The molecule has 332 valence electrons. The second kappa shape index (κ2) is 24.6. The van der Waals surface area contributed by atoms with Crippen molar-refractivity contribution in [3.63, 3.8) is 0 Å². The van der Waals surface area contributed by atoms with Gasteiger partial charge in [0.2, 0.25) is 0 Å². The Bertz CT molecular complexity index is 1830. The van der Waals surface area contributed by atoms with E-state index >= 15 is 0 Å². The Morgan fingerprint density at radius 3 is 1.46 bits per heavy atom. The monoisotopic (exact) mass is 878 g/mol. The molecule has 0 spiro atoms. The number of aldehydes is 1. The first-order chi connectivity index (χ1) is 26.6. The predicted molar refractivity (Wildman–Crippen MR) is 244 cm³/mol. The lowest BCUT2D eigenvalue weighted by atomic mass is 9.94. The molecule has 2 heterocycles. The van der Waals surface area contributed by atoms with E-state index in [-0.39, 0.29) is 57.5 Å². The van der Waals surface area contributed by atoms with Gasteiger partial charge in [0.1, 0.15) is 53.6 Å². The Kier molecular flexibility index (Phi) is 22.8. The van der Waals surface area contributed by atoms with Gasteiger partial charge in [-0.05, 0) is 69.0 Å². The number of fused-ring (bicyclic) bond motifs is 2. The lowest BCUT2D eigenvalue weighted by Crippen LogP contribution is -2.23. The van der Waals surface area contributed by atoms with Crippen molar-refractivity contribution in [2.24, 2.45) is 11.5 Å². The van der Waals surface area contributed by atoms with Crippen LogP contribution in [0.3, 0.4) is 0 Å². The lowest BCUT2D eigenvalue weighted by Gasteiger charge is -2.21. The van der Waals surface area contributed by atoms with Gasteiger partial charge in [0.15, 0.2) is 5.11 Å². The molecular weight excluding hydrogens is 809 g/mol. The molecule has 0 unspecified atom stereocenters. The van der Waals surface area contributed by atoms with Crippen LogP contribution in [0.4, 0.5) is 0 Å². The minimum Gasteiger partial charge on any atom is -0.496 e. The number of allylic oxidation sites excluding steroid dienone is 2. The van der Waals surface area contributed by atoms with Gasteiger partial charge in [0.05, 0.1) is 34.5 Å². The molecule has 2 aromatic carbocycles. The highest BCUT2D eigenvalue weighted by Gasteiger charge is 2.35. The molecule has 2 aromatic rings. The highest BCUT2D eigenvalue weighted by atomic mass is 32.1. The van der Waals surface area contributed by atoms with Crippen LogP contribution in [0.15, 0.2) is 11.6 Å². The van der Waals surface area contributed by atoms with E-state index in [0.717, 1.165) is 57.5 Å². The zero-order valence-corrected chi connectivity index (χ0v) is 38.6. The van der Waals surface area contributed by atoms with Crippen LogP contribution in [-0.2, 0) is 49.9 Å². The molecule has 59 heavy (non-hydrogen) atoms. The van der Waals surface area contributed by atoms with Crippen molar-refractivity contribution in [3.8, 4) is 23.0 Å². The zero-order chi connectivity index (χ0) is 43.2. The van der Waals surface area contributed by atoms with Crippen LogP contribution in [0.1, 0.15) is 88.7 Å². The molecule has 0 aliphatic carbocycles. The minimum absolute atomic E-state index is 0. The second-order valence-corrected chi connectivity index (χ2v) is 27.9. The zero-order valence-electron chi connectivity index (χ0n) is 35.8. The number of carbonyl (C=O) groups excluding carboxylic acids is 4. The number of hydrogen-bond donors (Lipinski definition) is 2. The third-order valence-corrected chi connectivity index (χ3v) is 12.8. The first-order valence-corrected chi connectivity index (χ1v) is 26.7. The Labute approximate surface area is 359 Å². The van der Waals surface area contributed by atoms with Gasteiger partial charge >= 0.3 is 17.9 Å². The summed E-state index contributed by atoms with van der Waals surface area (Å²) in [4.78, 5) is 47.1. The van der Waals surface area contributed by atoms with Crippen LogP contribution < -0.4 is 30.4 Å². The Hall–Kier alpha value is -4.42. The van der Waals surface area contributed by atoms with Gasteiger partial charge in [-0.3, -0.25) is 4.79 Å². The third kappa shape index (κ3) is 15.9. The molecule has 0 amide bonds. The van der Waals surface area contributed by atoms with Gasteiger partial charge in [-0.25, -0.2) is 9.59 Å². The van der Waals surface area contributed by atoms with Crippen LogP contribution in [0.25, 0.3) is 0 Å². The normalized spacial score (nSPS) is 12.6. The van der Waals surface area contributed by atoms with E-state index in [1.165, 1.54) is 7.11 Å². The maximum atomic E-state index is 12.5. The van der Waals surface area contributed by atoms with Crippen LogP contribution >= 0.6 is 12.2 Å². The minimum atomic E-state index is -1.29.